The minimum atomic E-state index is -1.02. The van der Waals surface area contributed by atoms with Gasteiger partial charge in [0.05, 0.1) is 11.3 Å². The Morgan fingerprint density at radius 1 is 1.53 bits per heavy atom. The number of nitrogens with one attached hydrogen (secondary N) is 1. The largest absolute Gasteiger partial charge is 0.478 e. The zero-order chi connectivity index (χ0) is 14.0. The number of nitrogens with two attached hydrogens (primary N) is 1. The first-order valence-electron chi connectivity index (χ1n) is 6.66. The number of nitrogen functional groups attached to an aromatic ring is 1. The topological polar surface area (TPSA) is 88.2 Å². The molecule has 0 saturated heterocycles. The van der Waals surface area contributed by atoms with Crippen LogP contribution in [0, 0.1) is 5.41 Å². The summed E-state index contributed by atoms with van der Waals surface area (Å²) in [6, 6.07) is 1.70. The highest BCUT2D eigenvalue weighted by Gasteiger charge is 2.32. The molecule has 1 aliphatic carbocycles. The van der Waals surface area contributed by atoms with Gasteiger partial charge >= 0.3 is 5.97 Å². The lowest BCUT2D eigenvalue weighted by Gasteiger charge is -2.39. The molecule has 2 rings (SSSR count). The molecule has 19 heavy (non-hydrogen) atoms. The van der Waals surface area contributed by atoms with Gasteiger partial charge in [-0.25, -0.2) is 9.78 Å². The monoisotopic (exact) mass is 263 g/mol. The third-order valence-electron chi connectivity index (χ3n) is 4.04. The molecule has 0 amide bonds. The van der Waals surface area contributed by atoms with Crippen LogP contribution in [0.3, 0.4) is 0 Å². The predicted molar refractivity (Wildman–Crippen MR) is 75.3 cm³/mol. The number of nitrogens with zero attached hydrogens (tertiary/aromatic N) is 1. The summed E-state index contributed by atoms with van der Waals surface area (Å²) in [5, 5.41) is 12.4. The quantitative estimate of drug-likeness (QED) is 0.780. The van der Waals surface area contributed by atoms with Gasteiger partial charge in [-0.2, -0.15) is 0 Å². The molecule has 0 radical (unpaired) electrons. The van der Waals surface area contributed by atoms with Crippen LogP contribution in [0.25, 0.3) is 0 Å². The number of carboxylic acids is 1. The van der Waals surface area contributed by atoms with Gasteiger partial charge in [0.1, 0.15) is 5.82 Å². The number of anilines is 2. The van der Waals surface area contributed by atoms with E-state index in [1.54, 1.807) is 0 Å². The van der Waals surface area contributed by atoms with Crippen molar-refractivity contribution in [3.63, 3.8) is 0 Å². The molecule has 1 aromatic heterocycles. The first-order valence-corrected chi connectivity index (χ1v) is 6.66. The summed E-state index contributed by atoms with van der Waals surface area (Å²) in [6.45, 7) is 4.45. The van der Waals surface area contributed by atoms with Gasteiger partial charge in [0.2, 0.25) is 0 Å². The first-order chi connectivity index (χ1) is 8.92. The van der Waals surface area contributed by atoms with Crippen molar-refractivity contribution in [3.05, 3.63) is 17.8 Å². The molecular formula is C14H21N3O2. The highest BCUT2D eigenvalue weighted by atomic mass is 16.4. The van der Waals surface area contributed by atoms with Crippen molar-refractivity contribution in [2.75, 3.05) is 11.1 Å². The SMILES string of the molecule is CC1(C)CCCCC1Nc1nccc(C(=O)O)c1N. The van der Waals surface area contributed by atoms with Crippen molar-refractivity contribution in [1.82, 2.24) is 4.98 Å². The number of rotatable bonds is 3. The smallest absolute Gasteiger partial charge is 0.337 e. The molecule has 5 heteroatoms. The van der Waals surface area contributed by atoms with E-state index >= 15 is 0 Å². The van der Waals surface area contributed by atoms with Crippen molar-refractivity contribution >= 4 is 17.5 Å². The fraction of sp³-hybridized carbons (Fsp3) is 0.571. The molecule has 1 unspecified atom stereocenters. The van der Waals surface area contributed by atoms with Crippen molar-refractivity contribution < 1.29 is 9.90 Å². The van der Waals surface area contributed by atoms with Crippen LogP contribution in [0.15, 0.2) is 12.3 Å². The van der Waals surface area contributed by atoms with E-state index in [1.807, 2.05) is 0 Å². The molecule has 1 atom stereocenters. The minimum Gasteiger partial charge on any atom is -0.478 e. The fourth-order valence-electron chi connectivity index (χ4n) is 2.70. The standard InChI is InChI=1S/C14H21N3O2/c1-14(2)7-4-3-5-10(14)17-12-11(15)9(13(18)19)6-8-16-12/h6,8,10H,3-5,7,15H2,1-2H3,(H,16,17)(H,18,19). The molecule has 1 aromatic rings. The number of aromatic nitrogens is 1. The summed E-state index contributed by atoms with van der Waals surface area (Å²) in [5.74, 6) is -0.536. The minimum absolute atomic E-state index is 0.103. The molecular weight excluding hydrogens is 242 g/mol. The van der Waals surface area contributed by atoms with Crippen LogP contribution in [0.2, 0.25) is 0 Å². The second-order valence-corrected chi connectivity index (χ2v) is 5.86. The average molecular weight is 263 g/mol. The molecule has 5 nitrogen and oxygen atoms in total. The number of aromatic carboxylic acids is 1. The molecule has 104 valence electrons. The average Bonchev–Trinajstić information content (AvgIpc) is 2.33. The zero-order valence-corrected chi connectivity index (χ0v) is 11.4. The van der Waals surface area contributed by atoms with E-state index < -0.39 is 5.97 Å². The Balaban J connectivity index is 2.23. The Hall–Kier alpha value is -1.78. The third-order valence-corrected chi connectivity index (χ3v) is 4.04. The van der Waals surface area contributed by atoms with Gasteiger partial charge < -0.3 is 16.2 Å². The third kappa shape index (κ3) is 2.80. The van der Waals surface area contributed by atoms with Crippen LogP contribution >= 0.6 is 0 Å². The first kappa shape index (κ1) is 13.6. The van der Waals surface area contributed by atoms with E-state index in [4.69, 9.17) is 10.8 Å². The number of pyridine rings is 1. The van der Waals surface area contributed by atoms with Crippen molar-refractivity contribution in [2.24, 2.45) is 5.41 Å². The molecule has 0 aromatic carbocycles. The van der Waals surface area contributed by atoms with Gasteiger partial charge in [0.25, 0.3) is 0 Å². The molecule has 1 aliphatic rings. The molecule has 0 aliphatic heterocycles. The second-order valence-electron chi connectivity index (χ2n) is 5.86. The molecule has 1 heterocycles. The van der Waals surface area contributed by atoms with Gasteiger partial charge in [-0.05, 0) is 24.3 Å². The summed E-state index contributed by atoms with van der Waals surface area (Å²) in [7, 11) is 0. The van der Waals surface area contributed by atoms with E-state index in [2.05, 4.69) is 24.1 Å². The van der Waals surface area contributed by atoms with E-state index in [-0.39, 0.29) is 22.7 Å². The maximum atomic E-state index is 11.1. The van der Waals surface area contributed by atoms with Gasteiger partial charge in [0.15, 0.2) is 0 Å². The fourth-order valence-corrected chi connectivity index (χ4v) is 2.70. The lowest BCUT2D eigenvalue weighted by Crippen LogP contribution is -2.39. The Bertz CT molecular complexity index is 486. The van der Waals surface area contributed by atoms with Crippen LogP contribution < -0.4 is 11.1 Å². The van der Waals surface area contributed by atoms with Crippen LogP contribution in [0.4, 0.5) is 11.5 Å². The van der Waals surface area contributed by atoms with E-state index in [0.29, 0.717) is 5.82 Å². The van der Waals surface area contributed by atoms with Crippen molar-refractivity contribution in [1.29, 1.82) is 0 Å². The van der Waals surface area contributed by atoms with Crippen LogP contribution in [0.5, 0.6) is 0 Å². The number of carboxylic acid groups (broad SMARTS) is 1. The highest BCUT2D eigenvalue weighted by molar-refractivity contribution is 5.96. The summed E-state index contributed by atoms with van der Waals surface area (Å²) < 4.78 is 0. The summed E-state index contributed by atoms with van der Waals surface area (Å²) in [5.41, 5.74) is 6.38. The highest BCUT2D eigenvalue weighted by Crippen LogP contribution is 2.37. The molecule has 1 fully saturated rings. The maximum absolute atomic E-state index is 11.1. The van der Waals surface area contributed by atoms with E-state index in [0.717, 1.165) is 12.8 Å². The molecule has 1 saturated carbocycles. The zero-order valence-electron chi connectivity index (χ0n) is 11.4. The van der Waals surface area contributed by atoms with Crippen LogP contribution in [-0.4, -0.2) is 22.1 Å². The predicted octanol–water partition coefficient (Wildman–Crippen LogP) is 2.74. The van der Waals surface area contributed by atoms with Crippen LogP contribution in [0.1, 0.15) is 49.9 Å². The van der Waals surface area contributed by atoms with Crippen LogP contribution in [-0.2, 0) is 0 Å². The van der Waals surface area contributed by atoms with Gasteiger partial charge in [-0.3, -0.25) is 0 Å². The van der Waals surface area contributed by atoms with E-state index in [9.17, 15) is 4.79 Å². The molecule has 0 spiro atoms. The maximum Gasteiger partial charge on any atom is 0.337 e. The van der Waals surface area contributed by atoms with Gasteiger partial charge in [-0.15, -0.1) is 0 Å². The Morgan fingerprint density at radius 2 is 2.26 bits per heavy atom. The van der Waals surface area contributed by atoms with Gasteiger partial charge in [-0.1, -0.05) is 26.7 Å². The lowest BCUT2D eigenvalue weighted by molar-refractivity contribution is 0.0698. The Kier molecular flexibility index (Phi) is 3.64. The Labute approximate surface area is 113 Å². The second kappa shape index (κ2) is 5.07. The molecule has 4 N–H and O–H groups in total. The summed E-state index contributed by atoms with van der Waals surface area (Å²) >= 11 is 0. The van der Waals surface area contributed by atoms with Gasteiger partial charge in [0, 0.05) is 12.2 Å². The normalized spacial score (nSPS) is 21.9. The number of hydrogen-bond acceptors (Lipinski definition) is 4. The molecule has 0 bridgehead atoms. The summed E-state index contributed by atoms with van der Waals surface area (Å²) in [4.78, 5) is 15.2. The van der Waals surface area contributed by atoms with Crippen molar-refractivity contribution in [2.45, 2.75) is 45.6 Å². The summed E-state index contributed by atoms with van der Waals surface area (Å²) in [6.07, 6.45) is 6.12. The Morgan fingerprint density at radius 3 is 2.89 bits per heavy atom. The number of carbonyl (C=O) groups is 1. The van der Waals surface area contributed by atoms with Crippen molar-refractivity contribution in [3.8, 4) is 0 Å². The van der Waals surface area contributed by atoms with E-state index in [1.165, 1.54) is 25.1 Å². The lowest BCUT2D eigenvalue weighted by atomic mass is 9.73. The number of hydrogen-bond donors (Lipinski definition) is 3.